The Morgan fingerprint density at radius 3 is 2.65 bits per heavy atom. The van der Waals surface area contributed by atoms with Gasteiger partial charge in [-0.2, -0.15) is 10.5 Å². The summed E-state index contributed by atoms with van der Waals surface area (Å²) in [6.45, 7) is 3.21. The minimum Gasteiger partial charge on any atom is -0.323 e. The molecule has 1 atom stereocenters. The van der Waals surface area contributed by atoms with Gasteiger partial charge in [-0.25, -0.2) is 8.78 Å². The van der Waals surface area contributed by atoms with E-state index < -0.39 is 34.8 Å². The molecule has 0 unspecified atom stereocenters. The van der Waals surface area contributed by atoms with Crippen LogP contribution in [0.15, 0.2) is 28.8 Å². The van der Waals surface area contributed by atoms with Crippen molar-refractivity contribution in [1.29, 1.82) is 10.5 Å². The zero-order valence-corrected chi connectivity index (χ0v) is 14.7. The van der Waals surface area contributed by atoms with E-state index in [2.05, 4.69) is 10.6 Å². The van der Waals surface area contributed by atoms with Crippen molar-refractivity contribution in [3.8, 4) is 12.1 Å². The topological polar surface area (TPSA) is 106 Å². The first-order valence-electron chi connectivity index (χ1n) is 7.43. The van der Waals surface area contributed by atoms with Crippen molar-refractivity contribution < 1.29 is 18.4 Å². The van der Waals surface area contributed by atoms with Crippen molar-refractivity contribution in [2.24, 2.45) is 11.3 Å². The number of amides is 2. The van der Waals surface area contributed by atoms with E-state index >= 15 is 0 Å². The number of thioether (sulfide) groups is 1. The van der Waals surface area contributed by atoms with Crippen LogP contribution in [0.3, 0.4) is 0 Å². The second-order valence-corrected chi connectivity index (χ2v) is 7.04. The molecule has 26 heavy (non-hydrogen) atoms. The predicted molar refractivity (Wildman–Crippen MR) is 91.1 cm³/mol. The fraction of sp³-hybridized carbons (Fsp3) is 0.294. The highest BCUT2D eigenvalue weighted by molar-refractivity contribution is 8.03. The van der Waals surface area contributed by atoms with Gasteiger partial charge in [-0.05, 0) is 12.1 Å². The van der Waals surface area contributed by atoms with Crippen LogP contribution in [-0.4, -0.2) is 17.6 Å². The van der Waals surface area contributed by atoms with Gasteiger partial charge in [0.2, 0.25) is 11.8 Å². The molecule has 0 aromatic heterocycles. The van der Waals surface area contributed by atoms with E-state index in [1.54, 1.807) is 13.8 Å². The Morgan fingerprint density at radius 2 is 2.08 bits per heavy atom. The van der Waals surface area contributed by atoms with Crippen LogP contribution in [-0.2, 0) is 9.59 Å². The second-order valence-electron chi connectivity index (χ2n) is 6.05. The minimum atomic E-state index is -1.02. The molecular weight excluding hydrogens is 362 g/mol. The van der Waals surface area contributed by atoms with Crippen LogP contribution in [0, 0.1) is 45.6 Å². The number of nitriles is 2. The Balaban J connectivity index is 2.13. The van der Waals surface area contributed by atoms with Crippen LogP contribution in [0.5, 0.6) is 0 Å². The van der Waals surface area contributed by atoms with Crippen molar-refractivity contribution in [2.45, 2.75) is 13.8 Å². The number of hydrogen-bond donors (Lipinski definition) is 2. The van der Waals surface area contributed by atoms with Crippen molar-refractivity contribution in [2.75, 3.05) is 11.1 Å². The number of nitrogens with zero attached hydrogens (tertiary/aromatic N) is 2. The van der Waals surface area contributed by atoms with Gasteiger partial charge in [-0.1, -0.05) is 25.6 Å². The first-order chi connectivity index (χ1) is 12.2. The summed E-state index contributed by atoms with van der Waals surface area (Å²) in [6, 6.07) is 6.60. The molecule has 2 N–H and O–H groups in total. The zero-order chi connectivity index (χ0) is 19.5. The summed E-state index contributed by atoms with van der Waals surface area (Å²) in [5.41, 5.74) is -0.994. The normalized spacial score (nSPS) is 18.5. The first kappa shape index (κ1) is 19.4. The van der Waals surface area contributed by atoms with Crippen molar-refractivity contribution in [3.63, 3.8) is 0 Å². The average Bonchev–Trinajstić information content (AvgIpc) is 2.55. The molecule has 0 aliphatic carbocycles. The molecule has 1 aliphatic heterocycles. The molecule has 1 heterocycles. The standard InChI is InChI=1S/C17H14F2N4O2S/c1-17(2)10(6-20)15(25)23-16(11(17)7-21)26-8-14(24)22-13-4-3-9(18)5-12(13)19/h3-5,10H,8H2,1-2H3,(H,22,24)(H,23,25)/t10-/m1/s1. The van der Waals surface area contributed by atoms with E-state index in [1.165, 1.54) is 0 Å². The molecule has 0 radical (unpaired) electrons. The van der Waals surface area contributed by atoms with Crippen LogP contribution in [0.4, 0.5) is 14.5 Å². The van der Waals surface area contributed by atoms with Gasteiger partial charge in [0.1, 0.15) is 17.6 Å². The summed E-state index contributed by atoms with van der Waals surface area (Å²) in [5, 5.41) is 23.5. The number of halogens is 2. The largest absolute Gasteiger partial charge is 0.323 e. The number of carbonyl (C=O) groups excluding carboxylic acids is 2. The predicted octanol–water partition coefficient (Wildman–Crippen LogP) is 2.67. The van der Waals surface area contributed by atoms with Crippen LogP contribution < -0.4 is 10.6 Å². The lowest BCUT2D eigenvalue weighted by molar-refractivity contribution is -0.125. The molecule has 6 nitrogen and oxygen atoms in total. The lowest BCUT2D eigenvalue weighted by Gasteiger charge is -2.34. The molecule has 1 aliphatic rings. The maximum atomic E-state index is 13.6. The zero-order valence-electron chi connectivity index (χ0n) is 13.9. The minimum absolute atomic E-state index is 0.177. The van der Waals surface area contributed by atoms with E-state index in [-0.39, 0.29) is 22.0 Å². The van der Waals surface area contributed by atoms with E-state index in [9.17, 15) is 23.6 Å². The highest BCUT2D eigenvalue weighted by Gasteiger charge is 2.44. The lowest BCUT2D eigenvalue weighted by atomic mass is 9.72. The Kier molecular flexibility index (Phi) is 5.63. The number of hydrogen-bond acceptors (Lipinski definition) is 5. The first-order valence-corrected chi connectivity index (χ1v) is 8.42. The molecule has 2 amide bonds. The molecule has 0 spiro atoms. The molecule has 1 aromatic carbocycles. The van der Waals surface area contributed by atoms with E-state index in [4.69, 9.17) is 5.26 Å². The summed E-state index contributed by atoms with van der Waals surface area (Å²) >= 11 is 0.892. The SMILES string of the molecule is CC1(C)C(C#N)=C(SCC(=O)Nc2ccc(F)cc2F)NC(=O)[C@H]1C#N. The third-order valence-electron chi connectivity index (χ3n) is 3.89. The van der Waals surface area contributed by atoms with Gasteiger partial charge >= 0.3 is 0 Å². The van der Waals surface area contributed by atoms with E-state index in [0.29, 0.717) is 6.07 Å². The number of allylic oxidation sites excluding steroid dienone is 1. The molecular formula is C17H14F2N4O2S. The van der Waals surface area contributed by atoms with Crippen molar-refractivity contribution in [1.82, 2.24) is 5.32 Å². The summed E-state index contributed by atoms with van der Waals surface area (Å²) in [6.07, 6.45) is 0. The number of carbonyl (C=O) groups is 2. The third kappa shape index (κ3) is 3.84. The van der Waals surface area contributed by atoms with Gasteiger partial charge in [0, 0.05) is 11.5 Å². The Labute approximate surface area is 152 Å². The van der Waals surface area contributed by atoms with Crippen molar-refractivity contribution in [3.05, 3.63) is 40.4 Å². The van der Waals surface area contributed by atoms with Crippen molar-refractivity contribution >= 4 is 29.3 Å². The van der Waals surface area contributed by atoms with Crippen LogP contribution in [0.2, 0.25) is 0 Å². The number of anilines is 1. The van der Waals surface area contributed by atoms with E-state index in [1.807, 2.05) is 12.1 Å². The molecule has 134 valence electrons. The molecule has 0 saturated carbocycles. The molecule has 0 saturated heterocycles. The van der Waals surface area contributed by atoms with Gasteiger partial charge in [-0.15, -0.1) is 0 Å². The van der Waals surface area contributed by atoms with Crippen LogP contribution in [0.25, 0.3) is 0 Å². The fourth-order valence-corrected chi connectivity index (χ4v) is 3.42. The highest BCUT2D eigenvalue weighted by atomic mass is 32.2. The van der Waals surface area contributed by atoms with Crippen LogP contribution in [0.1, 0.15) is 13.8 Å². The average molecular weight is 376 g/mol. The summed E-state index contributed by atoms with van der Waals surface area (Å²) in [7, 11) is 0. The lowest BCUT2D eigenvalue weighted by Crippen LogP contribution is -2.44. The molecule has 1 aromatic rings. The maximum absolute atomic E-state index is 13.6. The summed E-state index contributed by atoms with van der Waals surface area (Å²) in [4.78, 5) is 24.0. The molecule has 0 bridgehead atoms. The second kappa shape index (κ2) is 7.54. The van der Waals surface area contributed by atoms with Gasteiger partial charge in [0.15, 0.2) is 0 Å². The quantitative estimate of drug-likeness (QED) is 0.840. The number of nitrogens with one attached hydrogen (secondary N) is 2. The van der Waals surface area contributed by atoms with Gasteiger partial charge < -0.3 is 10.6 Å². The summed E-state index contributed by atoms with van der Waals surface area (Å²) < 4.78 is 26.4. The van der Waals surface area contributed by atoms with Gasteiger partial charge in [-0.3, -0.25) is 9.59 Å². The fourth-order valence-electron chi connectivity index (χ4n) is 2.45. The van der Waals surface area contributed by atoms with Gasteiger partial charge in [0.25, 0.3) is 0 Å². The molecule has 2 rings (SSSR count). The monoisotopic (exact) mass is 376 g/mol. The van der Waals surface area contributed by atoms with E-state index in [0.717, 1.165) is 23.9 Å². The highest BCUT2D eigenvalue weighted by Crippen LogP contribution is 2.41. The Hall–Kier alpha value is -2.91. The van der Waals surface area contributed by atoms with Crippen LogP contribution >= 0.6 is 11.8 Å². The third-order valence-corrected chi connectivity index (χ3v) is 4.89. The molecule has 0 fully saturated rings. The smallest absolute Gasteiger partial charge is 0.243 e. The maximum Gasteiger partial charge on any atom is 0.243 e. The Bertz CT molecular complexity index is 884. The van der Waals surface area contributed by atoms with Gasteiger partial charge in [0.05, 0.1) is 34.2 Å². The summed E-state index contributed by atoms with van der Waals surface area (Å²) in [5.74, 6) is -4.07. The molecule has 9 heteroatoms. The number of rotatable bonds is 4. The Morgan fingerprint density at radius 1 is 1.38 bits per heavy atom. The number of benzene rings is 1.